The summed E-state index contributed by atoms with van der Waals surface area (Å²) in [7, 11) is 0. The van der Waals surface area contributed by atoms with Crippen LogP contribution in [-0.2, 0) is 4.79 Å². The fraction of sp³-hybridized carbons (Fsp3) is 0.857. The number of aliphatic hydroxyl groups is 1. The maximum absolute atomic E-state index is 10.8. The van der Waals surface area contributed by atoms with Crippen molar-refractivity contribution in [1.82, 2.24) is 0 Å². The van der Waals surface area contributed by atoms with Crippen molar-refractivity contribution in [3.63, 3.8) is 0 Å². The van der Waals surface area contributed by atoms with E-state index in [9.17, 15) is 4.79 Å². The van der Waals surface area contributed by atoms with E-state index in [1.807, 2.05) is 0 Å². The van der Waals surface area contributed by atoms with E-state index < -0.39 is 11.4 Å². The molecule has 11 heavy (non-hydrogen) atoms. The third-order valence-electron chi connectivity index (χ3n) is 2.15. The van der Waals surface area contributed by atoms with Gasteiger partial charge in [0.05, 0.1) is 5.41 Å². The lowest BCUT2D eigenvalue weighted by Gasteiger charge is -2.20. The molecule has 1 heterocycles. The van der Waals surface area contributed by atoms with Gasteiger partial charge in [0, 0.05) is 12.4 Å². The van der Waals surface area contributed by atoms with Crippen molar-refractivity contribution >= 4 is 17.7 Å². The van der Waals surface area contributed by atoms with Crippen molar-refractivity contribution in [1.29, 1.82) is 0 Å². The highest BCUT2D eigenvalue weighted by atomic mass is 32.2. The van der Waals surface area contributed by atoms with Gasteiger partial charge in [0.15, 0.2) is 0 Å². The summed E-state index contributed by atoms with van der Waals surface area (Å²) >= 11 is 1.66. The lowest BCUT2D eigenvalue weighted by molar-refractivity contribution is -0.148. The molecule has 0 aromatic heterocycles. The Labute approximate surface area is 69.8 Å². The Morgan fingerprint density at radius 1 is 1.64 bits per heavy atom. The fourth-order valence-corrected chi connectivity index (χ4v) is 2.78. The number of hydrogen-bond acceptors (Lipinski definition) is 3. The molecular weight excluding hydrogens is 164 g/mol. The van der Waals surface area contributed by atoms with Gasteiger partial charge in [0.2, 0.25) is 0 Å². The smallest absolute Gasteiger partial charge is 0.310 e. The molecule has 0 spiro atoms. The second-order valence-electron chi connectivity index (χ2n) is 2.86. The molecule has 0 aliphatic carbocycles. The highest BCUT2D eigenvalue weighted by Gasteiger charge is 2.40. The van der Waals surface area contributed by atoms with Gasteiger partial charge in [-0.2, -0.15) is 11.8 Å². The van der Waals surface area contributed by atoms with Crippen LogP contribution in [0.3, 0.4) is 0 Å². The predicted octanol–water partition coefficient (Wildman–Crippen LogP) is 0.577. The summed E-state index contributed by atoms with van der Waals surface area (Å²) in [6, 6.07) is 0. The Balaban J connectivity index is 2.62. The van der Waals surface area contributed by atoms with Crippen molar-refractivity contribution in [3.8, 4) is 0 Å². The molecule has 1 aliphatic heterocycles. The van der Waals surface area contributed by atoms with Crippen LogP contribution in [0.5, 0.6) is 0 Å². The number of thioether (sulfide) groups is 1. The first-order valence-corrected chi connectivity index (χ1v) is 4.79. The lowest BCUT2D eigenvalue weighted by atomic mass is 9.84. The van der Waals surface area contributed by atoms with Crippen molar-refractivity contribution in [3.05, 3.63) is 0 Å². The average molecular weight is 176 g/mol. The molecule has 1 fully saturated rings. The normalized spacial score (nSPS) is 30.6. The van der Waals surface area contributed by atoms with Crippen molar-refractivity contribution in [2.24, 2.45) is 5.41 Å². The Morgan fingerprint density at radius 2 is 2.36 bits per heavy atom. The Bertz CT molecular complexity index is 152. The van der Waals surface area contributed by atoms with Gasteiger partial charge in [-0.3, -0.25) is 4.79 Å². The lowest BCUT2D eigenvalue weighted by Crippen LogP contribution is -2.31. The number of rotatable bonds is 3. The predicted molar refractivity (Wildman–Crippen MR) is 43.7 cm³/mol. The molecule has 0 saturated carbocycles. The zero-order chi connectivity index (χ0) is 8.32. The summed E-state index contributed by atoms with van der Waals surface area (Å²) in [5.41, 5.74) is -0.626. The SMILES string of the molecule is O=C(O)C1(CCO)CCSC1. The molecule has 4 heteroatoms. The third kappa shape index (κ3) is 1.68. The van der Waals surface area contributed by atoms with Gasteiger partial charge in [0.1, 0.15) is 0 Å². The molecule has 1 unspecified atom stereocenters. The number of carboxylic acid groups (broad SMARTS) is 1. The molecule has 0 amide bonds. The molecular formula is C7H12O3S. The van der Waals surface area contributed by atoms with Crippen LogP contribution < -0.4 is 0 Å². The summed E-state index contributed by atoms with van der Waals surface area (Å²) in [6.45, 7) is -0.0210. The summed E-state index contributed by atoms with van der Waals surface area (Å²) < 4.78 is 0. The van der Waals surface area contributed by atoms with E-state index >= 15 is 0 Å². The first kappa shape index (κ1) is 8.87. The fourth-order valence-electron chi connectivity index (χ4n) is 1.29. The first-order chi connectivity index (χ1) is 5.21. The molecule has 1 aliphatic rings. The molecule has 0 aromatic carbocycles. The van der Waals surface area contributed by atoms with Crippen LogP contribution in [0.15, 0.2) is 0 Å². The van der Waals surface area contributed by atoms with Gasteiger partial charge >= 0.3 is 5.97 Å². The second-order valence-corrected chi connectivity index (χ2v) is 3.97. The van der Waals surface area contributed by atoms with Gasteiger partial charge in [-0.15, -0.1) is 0 Å². The summed E-state index contributed by atoms with van der Waals surface area (Å²) in [5.74, 6) is 0.811. The molecule has 0 radical (unpaired) electrons. The maximum atomic E-state index is 10.8. The molecule has 1 atom stereocenters. The standard InChI is InChI=1S/C7H12O3S/c8-3-1-7(6(9)10)2-4-11-5-7/h8H,1-5H2,(H,9,10). The average Bonchev–Trinajstić information content (AvgIpc) is 2.38. The van der Waals surface area contributed by atoms with Crippen LogP contribution in [-0.4, -0.2) is 34.3 Å². The molecule has 0 aromatic rings. The molecule has 1 rings (SSSR count). The molecule has 64 valence electrons. The van der Waals surface area contributed by atoms with E-state index in [2.05, 4.69) is 0 Å². The van der Waals surface area contributed by atoms with Crippen molar-refractivity contribution in [2.45, 2.75) is 12.8 Å². The second kappa shape index (κ2) is 3.45. The number of carbonyl (C=O) groups is 1. The van der Waals surface area contributed by atoms with Gasteiger partial charge < -0.3 is 10.2 Å². The zero-order valence-electron chi connectivity index (χ0n) is 6.25. The largest absolute Gasteiger partial charge is 0.481 e. The molecule has 0 bridgehead atoms. The number of aliphatic hydroxyl groups excluding tert-OH is 1. The molecule has 3 nitrogen and oxygen atoms in total. The monoisotopic (exact) mass is 176 g/mol. The van der Waals surface area contributed by atoms with E-state index in [0.29, 0.717) is 18.6 Å². The van der Waals surface area contributed by atoms with E-state index in [-0.39, 0.29) is 6.61 Å². The third-order valence-corrected chi connectivity index (χ3v) is 3.40. The molecule has 1 saturated heterocycles. The van der Waals surface area contributed by atoms with Crippen molar-refractivity contribution in [2.75, 3.05) is 18.1 Å². The van der Waals surface area contributed by atoms with Crippen LogP contribution in [0.1, 0.15) is 12.8 Å². The number of aliphatic carboxylic acids is 1. The number of carboxylic acids is 1. The minimum absolute atomic E-state index is 0.0210. The van der Waals surface area contributed by atoms with Crippen LogP contribution in [0.25, 0.3) is 0 Å². The van der Waals surface area contributed by atoms with E-state index in [1.54, 1.807) is 11.8 Å². The van der Waals surface area contributed by atoms with Gasteiger partial charge in [-0.25, -0.2) is 0 Å². The maximum Gasteiger partial charge on any atom is 0.310 e. The first-order valence-electron chi connectivity index (χ1n) is 3.63. The minimum atomic E-state index is -0.753. The topological polar surface area (TPSA) is 57.5 Å². The Hall–Kier alpha value is -0.220. The summed E-state index contributed by atoms with van der Waals surface area (Å²) in [6.07, 6.45) is 1.10. The van der Waals surface area contributed by atoms with Gasteiger partial charge in [-0.1, -0.05) is 0 Å². The van der Waals surface area contributed by atoms with Crippen LogP contribution >= 0.6 is 11.8 Å². The van der Waals surface area contributed by atoms with Crippen LogP contribution in [0, 0.1) is 5.41 Å². The summed E-state index contributed by atoms with van der Waals surface area (Å²) in [4.78, 5) is 10.8. The highest BCUT2D eigenvalue weighted by Crippen LogP contribution is 2.38. The molecule has 2 N–H and O–H groups in total. The van der Waals surface area contributed by atoms with Crippen molar-refractivity contribution < 1.29 is 15.0 Å². The van der Waals surface area contributed by atoms with E-state index in [4.69, 9.17) is 10.2 Å². The highest BCUT2D eigenvalue weighted by molar-refractivity contribution is 7.99. The quantitative estimate of drug-likeness (QED) is 0.660. The zero-order valence-corrected chi connectivity index (χ0v) is 7.06. The van der Waals surface area contributed by atoms with E-state index in [1.165, 1.54) is 0 Å². The van der Waals surface area contributed by atoms with Gasteiger partial charge in [0.25, 0.3) is 0 Å². The number of hydrogen-bond donors (Lipinski definition) is 2. The Morgan fingerprint density at radius 3 is 2.73 bits per heavy atom. The minimum Gasteiger partial charge on any atom is -0.481 e. The van der Waals surface area contributed by atoms with Crippen LogP contribution in [0.4, 0.5) is 0 Å². The Kier molecular flexibility index (Phi) is 2.78. The van der Waals surface area contributed by atoms with Crippen LogP contribution in [0.2, 0.25) is 0 Å². The van der Waals surface area contributed by atoms with E-state index in [0.717, 1.165) is 5.75 Å². The summed E-state index contributed by atoms with van der Waals surface area (Å²) in [5, 5.41) is 17.5. The van der Waals surface area contributed by atoms with Gasteiger partial charge in [-0.05, 0) is 18.6 Å².